The van der Waals surface area contributed by atoms with Gasteiger partial charge in [0.25, 0.3) is 5.91 Å². The van der Waals surface area contributed by atoms with Crippen LogP contribution < -0.4 is 10.6 Å². The molecule has 1 aromatic carbocycles. The summed E-state index contributed by atoms with van der Waals surface area (Å²) in [6.45, 7) is 2.13. The van der Waals surface area contributed by atoms with E-state index in [0.717, 1.165) is 24.2 Å². The number of hydrogen-bond donors (Lipinski definition) is 2. The zero-order chi connectivity index (χ0) is 16.0. The highest BCUT2D eigenvalue weighted by atomic mass is 35.5. The maximum atomic E-state index is 12.6. The summed E-state index contributed by atoms with van der Waals surface area (Å²) in [6.07, 6.45) is 2.82. The predicted molar refractivity (Wildman–Crippen MR) is 90.6 cm³/mol. The number of piperidine rings is 1. The second-order valence-electron chi connectivity index (χ2n) is 6.13. The molecule has 0 bridgehead atoms. The van der Waals surface area contributed by atoms with E-state index in [9.17, 15) is 14.4 Å². The lowest BCUT2D eigenvalue weighted by atomic mass is 10.0. The first-order valence-electron chi connectivity index (χ1n) is 7.81. The summed E-state index contributed by atoms with van der Waals surface area (Å²) in [6, 6.07) is 5.29. The molecule has 1 saturated heterocycles. The molecule has 1 fully saturated rings. The Morgan fingerprint density at radius 2 is 2.00 bits per heavy atom. The molecule has 0 aromatic heterocycles. The van der Waals surface area contributed by atoms with Gasteiger partial charge < -0.3 is 10.2 Å². The van der Waals surface area contributed by atoms with E-state index in [4.69, 9.17) is 0 Å². The van der Waals surface area contributed by atoms with Gasteiger partial charge in [-0.1, -0.05) is 12.1 Å². The van der Waals surface area contributed by atoms with E-state index in [-0.39, 0.29) is 36.5 Å². The molecule has 7 heteroatoms. The largest absolute Gasteiger partial charge is 0.322 e. The third-order valence-electron chi connectivity index (χ3n) is 4.70. The molecule has 0 spiro atoms. The van der Waals surface area contributed by atoms with Crippen LogP contribution in [-0.2, 0) is 16.1 Å². The summed E-state index contributed by atoms with van der Waals surface area (Å²) in [5.74, 6) is -0.761. The highest BCUT2D eigenvalue weighted by molar-refractivity contribution is 6.05. The average molecular weight is 348 g/mol. The van der Waals surface area contributed by atoms with Gasteiger partial charge in [-0.05, 0) is 35.3 Å². The molecule has 3 aliphatic heterocycles. The monoisotopic (exact) mass is 347 g/mol. The quantitative estimate of drug-likeness (QED) is 0.778. The van der Waals surface area contributed by atoms with E-state index >= 15 is 0 Å². The third kappa shape index (κ3) is 2.72. The normalized spacial score (nSPS) is 22.8. The van der Waals surface area contributed by atoms with E-state index < -0.39 is 6.04 Å². The Morgan fingerprint density at radius 3 is 2.71 bits per heavy atom. The summed E-state index contributed by atoms with van der Waals surface area (Å²) in [5.41, 5.74) is 3.96. The van der Waals surface area contributed by atoms with Gasteiger partial charge in [-0.2, -0.15) is 0 Å². The predicted octanol–water partition coefficient (Wildman–Crippen LogP) is 0.856. The summed E-state index contributed by atoms with van der Waals surface area (Å²) < 4.78 is 0. The number of halogens is 1. The summed E-state index contributed by atoms with van der Waals surface area (Å²) in [4.78, 5) is 37.5. The van der Waals surface area contributed by atoms with E-state index in [1.807, 2.05) is 18.2 Å². The van der Waals surface area contributed by atoms with Crippen LogP contribution in [0.3, 0.4) is 0 Å². The fourth-order valence-electron chi connectivity index (χ4n) is 3.47. The van der Waals surface area contributed by atoms with E-state index in [1.165, 1.54) is 5.57 Å². The molecule has 0 saturated carbocycles. The van der Waals surface area contributed by atoms with E-state index in [1.54, 1.807) is 4.90 Å². The standard InChI is InChI=1S/C17H17N3O3.ClH/c21-15-4-3-14(16(22)19-15)20-9-12-7-10(11-5-6-18-8-11)1-2-13(12)17(20)23;/h1-2,5,7,14,18H,3-4,6,8-9H2,(H,19,21,22);1H. The van der Waals surface area contributed by atoms with Crippen LogP contribution in [-0.4, -0.2) is 41.8 Å². The lowest BCUT2D eigenvalue weighted by Crippen LogP contribution is -2.52. The summed E-state index contributed by atoms with van der Waals surface area (Å²) >= 11 is 0. The second-order valence-corrected chi connectivity index (χ2v) is 6.13. The number of nitrogens with one attached hydrogen (secondary N) is 2. The molecule has 0 aliphatic carbocycles. The molecule has 1 aromatic rings. The van der Waals surface area contributed by atoms with Crippen molar-refractivity contribution in [3.05, 3.63) is 41.0 Å². The molecular weight excluding hydrogens is 330 g/mol. The molecule has 1 atom stereocenters. The Labute approximate surface area is 145 Å². The van der Waals surface area contributed by atoms with Gasteiger partial charge in [0.1, 0.15) is 6.04 Å². The van der Waals surface area contributed by atoms with Crippen molar-refractivity contribution >= 4 is 35.7 Å². The van der Waals surface area contributed by atoms with Gasteiger partial charge in [-0.3, -0.25) is 19.7 Å². The molecule has 3 heterocycles. The fraction of sp³-hybridized carbons (Fsp3) is 0.353. The highest BCUT2D eigenvalue weighted by Gasteiger charge is 2.39. The molecule has 6 nitrogen and oxygen atoms in total. The lowest BCUT2D eigenvalue weighted by Gasteiger charge is -2.29. The minimum atomic E-state index is -0.552. The van der Waals surface area contributed by atoms with Crippen LogP contribution in [0, 0.1) is 0 Å². The number of carbonyl (C=O) groups is 3. The Kier molecular flexibility index (Phi) is 4.43. The molecule has 3 amide bonds. The topological polar surface area (TPSA) is 78.5 Å². The minimum Gasteiger partial charge on any atom is -0.322 e. The van der Waals surface area contributed by atoms with Gasteiger partial charge in [0.05, 0.1) is 0 Å². The second kappa shape index (κ2) is 6.37. The number of imide groups is 1. The molecule has 0 radical (unpaired) electrons. The van der Waals surface area contributed by atoms with Crippen LogP contribution in [0.1, 0.15) is 34.3 Å². The molecule has 2 N–H and O–H groups in total. The first kappa shape index (κ1) is 16.7. The molecule has 24 heavy (non-hydrogen) atoms. The fourth-order valence-corrected chi connectivity index (χ4v) is 3.47. The molecule has 1 unspecified atom stereocenters. The number of amides is 3. The van der Waals surface area contributed by atoms with E-state index in [0.29, 0.717) is 18.5 Å². The number of fused-ring (bicyclic) bond motifs is 1. The Bertz CT molecular complexity index is 759. The Hall–Kier alpha value is -2.18. The summed E-state index contributed by atoms with van der Waals surface area (Å²) in [7, 11) is 0. The summed E-state index contributed by atoms with van der Waals surface area (Å²) in [5, 5.41) is 5.58. The molecule has 3 aliphatic rings. The van der Waals surface area contributed by atoms with Crippen LogP contribution in [0.5, 0.6) is 0 Å². The number of carbonyl (C=O) groups excluding carboxylic acids is 3. The van der Waals surface area contributed by atoms with Crippen molar-refractivity contribution in [3.8, 4) is 0 Å². The maximum Gasteiger partial charge on any atom is 0.255 e. The zero-order valence-corrected chi connectivity index (χ0v) is 13.8. The van der Waals surface area contributed by atoms with Crippen molar-refractivity contribution in [2.24, 2.45) is 0 Å². The molecule has 126 valence electrons. The number of benzene rings is 1. The highest BCUT2D eigenvalue weighted by Crippen LogP contribution is 2.30. The smallest absolute Gasteiger partial charge is 0.255 e. The maximum absolute atomic E-state index is 12.6. The van der Waals surface area contributed by atoms with Crippen LogP contribution in [0.15, 0.2) is 24.3 Å². The Morgan fingerprint density at radius 1 is 1.17 bits per heavy atom. The van der Waals surface area contributed by atoms with Crippen molar-refractivity contribution < 1.29 is 14.4 Å². The van der Waals surface area contributed by atoms with Gasteiger partial charge in [0, 0.05) is 31.6 Å². The third-order valence-corrected chi connectivity index (χ3v) is 4.70. The average Bonchev–Trinajstić information content (AvgIpc) is 3.16. The van der Waals surface area contributed by atoms with Gasteiger partial charge in [-0.25, -0.2) is 0 Å². The van der Waals surface area contributed by atoms with Crippen molar-refractivity contribution in [3.63, 3.8) is 0 Å². The van der Waals surface area contributed by atoms with E-state index in [2.05, 4.69) is 16.7 Å². The first-order valence-corrected chi connectivity index (χ1v) is 7.81. The van der Waals surface area contributed by atoms with Crippen LogP contribution in [0.25, 0.3) is 5.57 Å². The van der Waals surface area contributed by atoms with Gasteiger partial charge in [-0.15, -0.1) is 12.4 Å². The lowest BCUT2D eigenvalue weighted by molar-refractivity contribution is -0.136. The number of nitrogens with zero attached hydrogens (tertiary/aromatic N) is 1. The van der Waals surface area contributed by atoms with Gasteiger partial charge in [0.15, 0.2) is 0 Å². The minimum absolute atomic E-state index is 0. The van der Waals surface area contributed by atoms with Gasteiger partial charge >= 0.3 is 0 Å². The van der Waals surface area contributed by atoms with Crippen molar-refractivity contribution in [1.29, 1.82) is 0 Å². The SMILES string of the molecule is Cl.O=C1CCC(N2Cc3cc(C4=CCNC4)ccc3C2=O)C(=O)N1. The Balaban J connectivity index is 0.00000169. The molecular formula is C17H18ClN3O3. The van der Waals surface area contributed by atoms with Gasteiger partial charge in [0.2, 0.25) is 11.8 Å². The first-order chi connectivity index (χ1) is 11.1. The molecule has 4 rings (SSSR count). The number of hydrogen-bond acceptors (Lipinski definition) is 4. The van der Waals surface area contributed by atoms with Crippen LogP contribution in [0.4, 0.5) is 0 Å². The number of rotatable bonds is 2. The van der Waals surface area contributed by atoms with Crippen LogP contribution >= 0.6 is 12.4 Å². The van der Waals surface area contributed by atoms with Crippen molar-refractivity contribution in [2.75, 3.05) is 13.1 Å². The van der Waals surface area contributed by atoms with Crippen LogP contribution in [0.2, 0.25) is 0 Å². The zero-order valence-electron chi connectivity index (χ0n) is 13.0. The van der Waals surface area contributed by atoms with Crippen molar-refractivity contribution in [2.45, 2.75) is 25.4 Å². The van der Waals surface area contributed by atoms with Crippen molar-refractivity contribution in [1.82, 2.24) is 15.5 Å².